The molecule has 0 unspecified atom stereocenters. The molecule has 0 atom stereocenters. The first-order valence-corrected chi connectivity index (χ1v) is 8.60. The van der Waals surface area contributed by atoms with Gasteiger partial charge in [0.1, 0.15) is 0 Å². The minimum atomic E-state index is -0.131. The van der Waals surface area contributed by atoms with Crippen molar-refractivity contribution in [1.82, 2.24) is 9.55 Å². The summed E-state index contributed by atoms with van der Waals surface area (Å²) in [7, 11) is 0. The molecule has 1 heterocycles. The second-order valence-electron chi connectivity index (χ2n) is 5.54. The predicted molar refractivity (Wildman–Crippen MR) is 101 cm³/mol. The molecule has 0 bridgehead atoms. The summed E-state index contributed by atoms with van der Waals surface area (Å²) in [4.78, 5) is 15.9. The number of hydrogen-bond donors (Lipinski definition) is 1. The Morgan fingerprint density at radius 3 is 2.72 bits per heavy atom. The van der Waals surface area contributed by atoms with Crippen LogP contribution in [-0.2, 0) is 16.1 Å². The summed E-state index contributed by atoms with van der Waals surface area (Å²) in [5.41, 5.74) is 2.31. The van der Waals surface area contributed by atoms with E-state index < -0.39 is 0 Å². The van der Waals surface area contributed by atoms with Crippen molar-refractivity contribution in [2.45, 2.75) is 13.5 Å². The first-order valence-electron chi connectivity index (χ1n) is 8.19. The molecule has 1 aromatic heterocycles. The van der Waals surface area contributed by atoms with Crippen LogP contribution in [0.5, 0.6) is 0 Å². The molecule has 0 saturated heterocycles. The standard InChI is InChI=1S/C19H20N2O3S/c1-2-23-10-11-24-13-14-6-5-7-15(12-14)21-18(22)16-8-3-4-9-17(16)20-19(21)25/h3-9,12H,2,10-11,13H2,1H3,(H,20,25). The van der Waals surface area contributed by atoms with Crippen LogP contribution in [-0.4, -0.2) is 29.4 Å². The van der Waals surface area contributed by atoms with E-state index in [1.54, 1.807) is 6.07 Å². The van der Waals surface area contributed by atoms with Crippen molar-refractivity contribution in [3.63, 3.8) is 0 Å². The molecule has 25 heavy (non-hydrogen) atoms. The average Bonchev–Trinajstić information content (AvgIpc) is 2.62. The minimum absolute atomic E-state index is 0.131. The third-order valence-electron chi connectivity index (χ3n) is 3.82. The van der Waals surface area contributed by atoms with E-state index in [1.165, 1.54) is 4.57 Å². The molecule has 130 valence electrons. The fourth-order valence-electron chi connectivity index (χ4n) is 2.63. The van der Waals surface area contributed by atoms with E-state index in [0.29, 0.717) is 36.6 Å². The average molecular weight is 356 g/mol. The quantitative estimate of drug-likeness (QED) is 0.519. The van der Waals surface area contributed by atoms with Crippen LogP contribution >= 0.6 is 12.2 Å². The number of hydrogen-bond acceptors (Lipinski definition) is 4. The van der Waals surface area contributed by atoms with Crippen LogP contribution < -0.4 is 5.56 Å². The number of rotatable bonds is 7. The third kappa shape index (κ3) is 4.04. The van der Waals surface area contributed by atoms with Gasteiger partial charge in [-0.2, -0.15) is 0 Å². The first-order chi connectivity index (χ1) is 12.2. The lowest BCUT2D eigenvalue weighted by molar-refractivity contribution is 0.0453. The molecule has 0 fully saturated rings. The number of fused-ring (bicyclic) bond motifs is 1. The number of ether oxygens (including phenoxy) is 2. The van der Waals surface area contributed by atoms with Crippen LogP contribution in [0.2, 0.25) is 0 Å². The fraction of sp³-hybridized carbons (Fsp3) is 0.263. The number of nitrogens with zero attached hydrogens (tertiary/aromatic N) is 1. The molecule has 0 amide bonds. The molecule has 0 radical (unpaired) electrons. The number of aromatic nitrogens is 2. The second-order valence-corrected chi connectivity index (χ2v) is 5.92. The maximum absolute atomic E-state index is 12.8. The Bertz CT molecular complexity index is 978. The minimum Gasteiger partial charge on any atom is -0.379 e. The van der Waals surface area contributed by atoms with Gasteiger partial charge in [0.15, 0.2) is 4.77 Å². The molecule has 0 spiro atoms. The first kappa shape index (κ1) is 17.5. The Balaban J connectivity index is 1.90. The van der Waals surface area contributed by atoms with Crippen molar-refractivity contribution in [3.8, 4) is 5.69 Å². The maximum Gasteiger partial charge on any atom is 0.266 e. The Kier molecular flexibility index (Phi) is 5.75. The molecule has 0 aliphatic heterocycles. The van der Waals surface area contributed by atoms with Crippen LogP contribution in [0.1, 0.15) is 12.5 Å². The van der Waals surface area contributed by atoms with Gasteiger partial charge < -0.3 is 14.5 Å². The van der Waals surface area contributed by atoms with Gasteiger partial charge in [-0.1, -0.05) is 24.3 Å². The van der Waals surface area contributed by atoms with E-state index in [2.05, 4.69) is 4.98 Å². The van der Waals surface area contributed by atoms with E-state index in [4.69, 9.17) is 21.7 Å². The lowest BCUT2D eigenvalue weighted by atomic mass is 10.2. The van der Waals surface area contributed by atoms with Gasteiger partial charge in [-0.15, -0.1) is 0 Å². The van der Waals surface area contributed by atoms with Crippen LogP contribution in [0.25, 0.3) is 16.6 Å². The summed E-state index contributed by atoms with van der Waals surface area (Å²) in [6.45, 7) is 4.20. The zero-order chi connectivity index (χ0) is 17.6. The van der Waals surface area contributed by atoms with Gasteiger partial charge in [0.25, 0.3) is 5.56 Å². The van der Waals surface area contributed by atoms with E-state index in [1.807, 2.05) is 49.4 Å². The molecule has 5 nitrogen and oxygen atoms in total. The second kappa shape index (κ2) is 8.20. The molecular formula is C19H20N2O3S. The lowest BCUT2D eigenvalue weighted by Crippen LogP contribution is -2.20. The van der Waals surface area contributed by atoms with Gasteiger partial charge in [-0.05, 0) is 49.0 Å². The molecule has 3 rings (SSSR count). The van der Waals surface area contributed by atoms with Gasteiger partial charge in [0.05, 0.1) is 36.4 Å². The molecular weight excluding hydrogens is 336 g/mol. The monoisotopic (exact) mass is 356 g/mol. The van der Waals surface area contributed by atoms with Crippen molar-refractivity contribution >= 4 is 23.1 Å². The largest absolute Gasteiger partial charge is 0.379 e. The molecule has 6 heteroatoms. The van der Waals surface area contributed by atoms with E-state index in [0.717, 1.165) is 16.8 Å². The third-order valence-corrected chi connectivity index (χ3v) is 4.10. The Morgan fingerprint density at radius 1 is 1.08 bits per heavy atom. The van der Waals surface area contributed by atoms with E-state index in [-0.39, 0.29) is 5.56 Å². The van der Waals surface area contributed by atoms with Crippen molar-refractivity contribution in [2.75, 3.05) is 19.8 Å². The summed E-state index contributed by atoms with van der Waals surface area (Å²) in [5.74, 6) is 0. The topological polar surface area (TPSA) is 56.2 Å². The molecule has 3 aromatic rings. The van der Waals surface area contributed by atoms with Crippen LogP contribution in [0.3, 0.4) is 0 Å². The summed E-state index contributed by atoms with van der Waals surface area (Å²) in [6, 6.07) is 15.0. The molecule has 1 N–H and O–H groups in total. The molecule has 0 aliphatic carbocycles. The summed E-state index contributed by atoms with van der Waals surface area (Å²) in [5, 5.41) is 0.606. The number of H-pyrrole nitrogens is 1. The highest BCUT2D eigenvalue weighted by atomic mass is 32.1. The van der Waals surface area contributed by atoms with Crippen LogP contribution in [0.15, 0.2) is 53.3 Å². The van der Waals surface area contributed by atoms with Gasteiger partial charge in [0, 0.05) is 6.61 Å². The normalized spacial score (nSPS) is 11.1. The van der Waals surface area contributed by atoms with E-state index >= 15 is 0 Å². The van der Waals surface area contributed by atoms with E-state index in [9.17, 15) is 4.79 Å². The summed E-state index contributed by atoms with van der Waals surface area (Å²) >= 11 is 5.39. The molecule has 0 aliphatic rings. The summed E-state index contributed by atoms with van der Waals surface area (Å²) in [6.07, 6.45) is 0. The van der Waals surface area contributed by atoms with Crippen molar-refractivity contribution in [1.29, 1.82) is 0 Å². The van der Waals surface area contributed by atoms with Crippen LogP contribution in [0, 0.1) is 4.77 Å². The maximum atomic E-state index is 12.8. The van der Waals surface area contributed by atoms with Gasteiger partial charge in [-0.3, -0.25) is 9.36 Å². The molecule has 2 aromatic carbocycles. The highest BCUT2D eigenvalue weighted by molar-refractivity contribution is 7.71. The Hall–Kier alpha value is -2.28. The lowest BCUT2D eigenvalue weighted by Gasteiger charge is -2.10. The Morgan fingerprint density at radius 2 is 1.88 bits per heavy atom. The number of benzene rings is 2. The Labute approximate surface area is 150 Å². The number of nitrogens with one attached hydrogen (secondary N) is 1. The van der Waals surface area contributed by atoms with Gasteiger partial charge in [-0.25, -0.2) is 0 Å². The van der Waals surface area contributed by atoms with Crippen molar-refractivity contribution in [2.24, 2.45) is 0 Å². The SMILES string of the molecule is CCOCCOCc1cccc(-n2c(=S)[nH]c3ccccc3c2=O)c1. The van der Waals surface area contributed by atoms with Crippen molar-refractivity contribution < 1.29 is 9.47 Å². The fourth-order valence-corrected chi connectivity index (χ4v) is 2.93. The number of aromatic amines is 1. The zero-order valence-corrected chi connectivity index (χ0v) is 14.8. The van der Waals surface area contributed by atoms with Crippen LogP contribution in [0.4, 0.5) is 0 Å². The summed E-state index contributed by atoms with van der Waals surface area (Å²) < 4.78 is 12.7. The highest BCUT2D eigenvalue weighted by Crippen LogP contribution is 2.13. The smallest absolute Gasteiger partial charge is 0.266 e. The highest BCUT2D eigenvalue weighted by Gasteiger charge is 2.07. The predicted octanol–water partition coefficient (Wildman–Crippen LogP) is 3.60. The van der Waals surface area contributed by atoms with Gasteiger partial charge >= 0.3 is 0 Å². The zero-order valence-electron chi connectivity index (χ0n) is 14.0. The number of para-hydroxylation sites is 1. The molecule has 0 saturated carbocycles. The van der Waals surface area contributed by atoms with Gasteiger partial charge in [0.2, 0.25) is 0 Å². The van der Waals surface area contributed by atoms with Crippen molar-refractivity contribution in [3.05, 3.63) is 69.2 Å².